The van der Waals surface area contributed by atoms with Crippen LogP contribution in [0.1, 0.15) is 38.5 Å². The van der Waals surface area contributed by atoms with Crippen molar-refractivity contribution in [2.75, 3.05) is 12.3 Å². The lowest BCUT2D eigenvalue weighted by Gasteiger charge is -2.16. The Bertz CT molecular complexity index is 649. The van der Waals surface area contributed by atoms with E-state index in [0.29, 0.717) is 18.1 Å². The monoisotopic (exact) mass is 322 g/mol. The third-order valence-electron chi connectivity index (χ3n) is 3.66. The third kappa shape index (κ3) is 3.41. The molecule has 1 unspecified atom stereocenters. The lowest BCUT2D eigenvalue weighted by Crippen LogP contribution is -2.24. The number of nitrogen functional groups attached to an aromatic ring is 1. The zero-order chi connectivity index (χ0) is 14.8. The Balaban J connectivity index is 1.56. The summed E-state index contributed by atoms with van der Waals surface area (Å²) in [4.78, 5) is 14.4. The van der Waals surface area contributed by atoms with Crippen LogP contribution in [-0.4, -0.2) is 22.6 Å². The van der Waals surface area contributed by atoms with Gasteiger partial charge in [-0.15, -0.1) is 21.5 Å². The quantitative estimate of drug-likeness (QED) is 0.905. The summed E-state index contributed by atoms with van der Waals surface area (Å²) >= 11 is 3.00. The first-order valence-corrected chi connectivity index (χ1v) is 8.72. The number of carbonyl (C=O) groups excluding carboxylic acids is 1. The minimum absolute atomic E-state index is 0.0135. The van der Waals surface area contributed by atoms with E-state index in [1.165, 1.54) is 28.2 Å². The molecular formula is C14H18N4OS2. The van der Waals surface area contributed by atoms with Crippen molar-refractivity contribution in [2.45, 2.75) is 32.6 Å². The molecule has 1 amide bonds. The Kier molecular flexibility index (Phi) is 4.21. The van der Waals surface area contributed by atoms with Gasteiger partial charge in [0.05, 0.1) is 4.88 Å². The highest BCUT2D eigenvalue weighted by Crippen LogP contribution is 2.32. The number of carbonyl (C=O) groups is 1. The predicted molar refractivity (Wildman–Crippen MR) is 85.9 cm³/mol. The van der Waals surface area contributed by atoms with E-state index in [-0.39, 0.29) is 5.91 Å². The third-order valence-corrected chi connectivity index (χ3v) is 5.71. The fourth-order valence-corrected chi connectivity index (χ4v) is 4.29. The first-order valence-electron chi connectivity index (χ1n) is 7.09. The molecule has 5 nitrogen and oxygen atoms in total. The van der Waals surface area contributed by atoms with Gasteiger partial charge in [-0.25, -0.2) is 0 Å². The van der Waals surface area contributed by atoms with Crippen molar-refractivity contribution in [1.82, 2.24) is 15.5 Å². The molecule has 0 saturated carbocycles. The van der Waals surface area contributed by atoms with E-state index < -0.39 is 0 Å². The van der Waals surface area contributed by atoms with Gasteiger partial charge in [0.2, 0.25) is 5.13 Å². The fraction of sp³-hybridized carbons (Fsp3) is 0.500. The van der Waals surface area contributed by atoms with Gasteiger partial charge in [-0.1, -0.05) is 18.3 Å². The fourth-order valence-electron chi connectivity index (χ4n) is 2.56. The van der Waals surface area contributed by atoms with Gasteiger partial charge in [0.25, 0.3) is 5.91 Å². The molecule has 1 aliphatic carbocycles. The minimum atomic E-state index is 0.0135. The molecule has 2 aromatic rings. The number of hydrogen-bond acceptors (Lipinski definition) is 6. The summed E-state index contributed by atoms with van der Waals surface area (Å²) in [6.07, 6.45) is 4.11. The molecule has 3 rings (SSSR count). The summed E-state index contributed by atoms with van der Waals surface area (Å²) in [5, 5.41) is 12.0. The minimum Gasteiger partial charge on any atom is -0.374 e. The number of hydrogen-bond donors (Lipinski definition) is 2. The summed E-state index contributed by atoms with van der Waals surface area (Å²) < 4.78 is 0. The van der Waals surface area contributed by atoms with Crippen molar-refractivity contribution in [1.29, 1.82) is 0 Å². The molecule has 0 saturated heterocycles. The van der Waals surface area contributed by atoms with Crippen LogP contribution in [0.2, 0.25) is 0 Å². The molecule has 0 radical (unpaired) electrons. The Morgan fingerprint density at radius 1 is 1.48 bits per heavy atom. The maximum Gasteiger partial charge on any atom is 0.261 e. The van der Waals surface area contributed by atoms with Gasteiger partial charge < -0.3 is 11.1 Å². The standard InChI is InChI=1S/C14H18N4OS2/c1-8-2-3-10-9(6-8)7-11(20-10)13(19)16-5-4-12-17-18-14(15)21-12/h7-8H,2-6H2,1H3,(H2,15,18)(H,16,19). The highest BCUT2D eigenvalue weighted by molar-refractivity contribution is 7.15. The van der Waals surface area contributed by atoms with Gasteiger partial charge in [-0.05, 0) is 36.8 Å². The highest BCUT2D eigenvalue weighted by atomic mass is 32.1. The average Bonchev–Trinajstić information content (AvgIpc) is 3.04. The summed E-state index contributed by atoms with van der Waals surface area (Å²) in [7, 11) is 0. The van der Waals surface area contributed by atoms with E-state index in [0.717, 1.165) is 28.6 Å². The number of aryl methyl sites for hydroxylation is 1. The van der Waals surface area contributed by atoms with Crippen LogP contribution in [0, 0.1) is 5.92 Å². The van der Waals surface area contributed by atoms with E-state index >= 15 is 0 Å². The number of nitrogens with one attached hydrogen (secondary N) is 1. The lowest BCUT2D eigenvalue weighted by molar-refractivity contribution is 0.0958. The summed E-state index contributed by atoms with van der Waals surface area (Å²) in [6, 6.07) is 2.06. The normalized spacial score (nSPS) is 17.5. The smallest absolute Gasteiger partial charge is 0.261 e. The van der Waals surface area contributed by atoms with E-state index in [2.05, 4.69) is 28.5 Å². The van der Waals surface area contributed by atoms with Crippen molar-refractivity contribution < 1.29 is 4.79 Å². The van der Waals surface area contributed by atoms with Crippen LogP contribution in [0.3, 0.4) is 0 Å². The van der Waals surface area contributed by atoms with Gasteiger partial charge in [0, 0.05) is 17.8 Å². The Morgan fingerprint density at radius 2 is 2.33 bits per heavy atom. The molecule has 21 heavy (non-hydrogen) atoms. The molecule has 2 heterocycles. The number of nitrogens with two attached hydrogens (primary N) is 1. The van der Waals surface area contributed by atoms with Gasteiger partial charge in [-0.3, -0.25) is 4.79 Å². The molecule has 0 aliphatic heterocycles. The number of thiophene rings is 1. The zero-order valence-corrected chi connectivity index (χ0v) is 13.5. The maximum absolute atomic E-state index is 12.2. The molecule has 3 N–H and O–H groups in total. The zero-order valence-electron chi connectivity index (χ0n) is 11.9. The second-order valence-corrected chi connectivity index (χ2v) is 7.68. The van der Waals surface area contributed by atoms with Gasteiger partial charge in [0.1, 0.15) is 5.01 Å². The first kappa shape index (κ1) is 14.5. The first-order chi connectivity index (χ1) is 10.1. The van der Waals surface area contributed by atoms with Crippen LogP contribution in [0.4, 0.5) is 5.13 Å². The second kappa shape index (κ2) is 6.11. The maximum atomic E-state index is 12.2. The molecule has 112 valence electrons. The van der Waals surface area contributed by atoms with Gasteiger partial charge >= 0.3 is 0 Å². The van der Waals surface area contributed by atoms with Crippen LogP contribution in [0.25, 0.3) is 0 Å². The van der Waals surface area contributed by atoms with Crippen LogP contribution in [0.15, 0.2) is 6.07 Å². The summed E-state index contributed by atoms with van der Waals surface area (Å²) in [6.45, 7) is 2.83. The van der Waals surface area contributed by atoms with Gasteiger partial charge in [-0.2, -0.15) is 0 Å². The topological polar surface area (TPSA) is 80.9 Å². The molecule has 1 aliphatic rings. The molecule has 2 aromatic heterocycles. The van der Waals surface area contributed by atoms with Crippen molar-refractivity contribution in [2.24, 2.45) is 5.92 Å². The second-order valence-electron chi connectivity index (χ2n) is 5.45. The number of fused-ring (bicyclic) bond motifs is 1. The Morgan fingerprint density at radius 3 is 3.10 bits per heavy atom. The Labute approximate surface area is 131 Å². The van der Waals surface area contributed by atoms with E-state index in [4.69, 9.17) is 5.73 Å². The predicted octanol–water partition coefficient (Wildman–Crippen LogP) is 2.28. The summed E-state index contributed by atoms with van der Waals surface area (Å²) in [5.41, 5.74) is 6.89. The Hall–Kier alpha value is -1.47. The number of aromatic nitrogens is 2. The van der Waals surface area contributed by atoms with Crippen LogP contribution >= 0.6 is 22.7 Å². The number of anilines is 1. The SMILES string of the molecule is CC1CCc2sc(C(=O)NCCc3nnc(N)s3)cc2C1. The molecule has 0 bridgehead atoms. The van der Waals surface area contributed by atoms with Crippen molar-refractivity contribution in [3.63, 3.8) is 0 Å². The van der Waals surface area contributed by atoms with Crippen LogP contribution in [-0.2, 0) is 19.3 Å². The van der Waals surface area contributed by atoms with Crippen molar-refractivity contribution in [3.8, 4) is 0 Å². The van der Waals surface area contributed by atoms with Crippen molar-refractivity contribution in [3.05, 3.63) is 26.4 Å². The molecule has 0 fully saturated rings. The van der Waals surface area contributed by atoms with Gasteiger partial charge in [0.15, 0.2) is 0 Å². The molecular weight excluding hydrogens is 304 g/mol. The van der Waals surface area contributed by atoms with E-state index in [1.54, 1.807) is 11.3 Å². The molecule has 0 spiro atoms. The number of rotatable bonds is 4. The van der Waals surface area contributed by atoms with Crippen LogP contribution in [0.5, 0.6) is 0 Å². The molecule has 7 heteroatoms. The van der Waals surface area contributed by atoms with E-state index in [9.17, 15) is 4.79 Å². The summed E-state index contributed by atoms with van der Waals surface area (Å²) in [5.74, 6) is 0.741. The molecule has 0 aromatic carbocycles. The van der Waals surface area contributed by atoms with Crippen LogP contribution < -0.4 is 11.1 Å². The largest absolute Gasteiger partial charge is 0.374 e. The highest BCUT2D eigenvalue weighted by Gasteiger charge is 2.20. The average molecular weight is 322 g/mol. The number of amides is 1. The van der Waals surface area contributed by atoms with E-state index in [1.807, 2.05) is 0 Å². The lowest BCUT2D eigenvalue weighted by atomic mass is 9.90. The number of nitrogens with zero attached hydrogens (tertiary/aromatic N) is 2. The van der Waals surface area contributed by atoms with Crippen molar-refractivity contribution >= 4 is 33.7 Å². The molecule has 1 atom stereocenters.